The first-order valence-electron chi connectivity index (χ1n) is 15.4. The zero-order valence-corrected chi connectivity index (χ0v) is 23.8. The molecule has 8 heteroatoms. The van der Waals surface area contributed by atoms with Gasteiger partial charge in [-0.3, -0.25) is 19.2 Å². The monoisotopic (exact) mass is 534 g/mol. The largest absolute Gasteiger partial charge is 0.464 e. The van der Waals surface area contributed by atoms with Gasteiger partial charge in [-0.2, -0.15) is 0 Å². The van der Waals surface area contributed by atoms with Crippen LogP contribution in [0.4, 0.5) is 0 Å². The van der Waals surface area contributed by atoms with Crippen molar-refractivity contribution < 1.29 is 28.7 Å². The molecule has 2 amide bonds. The molecule has 3 saturated carbocycles. The fourth-order valence-corrected chi connectivity index (χ4v) is 6.60. The maximum atomic E-state index is 14.3. The van der Waals surface area contributed by atoms with E-state index in [1.165, 1.54) is 38.5 Å². The third kappa shape index (κ3) is 8.70. The van der Waals surface area contributed by atoms with Gasteiger partial charge in [0.05, 0.1) is 13.1 Å². The average molecular weight is 535 g/mol. The van der Waals surface area contributed by atoms with E-state index in [0.29, 0.717) is 18.5 Å². The standard InChI is InChI=1S/C30H50N2O6/c1-3-27(33)37-21-19-31(20-22-38-28(34)4-2)29(35)25-17-11-12-18-26(25)30(36)32(23-13-7-5-8-14-23)24-15-9-6-10-16-24/h23-26H,3-22H2,1-2H3. The van der Waals surface area contributed by atoms with Crippen molar-refractivity contribution in [3.8, 4) is 0 Å². The average Bonchev–Trinajstić information content (AvgIpc) is 2.96. The molecule has 8 nitrogen and oxygen atoms in total. The Balaban J connectivity index is 1.76. The lowest BCUT2D eigenvalue weighted by Crippen LogP contribution is -2.54. The van der Waals surface area contributed by atoms with Gasteiger partial charge in [0.25, 0.3) is 0 Å². The summed E-state index contributed by atoms with van der Waals surface area (Å²) in [7, 11) is 0. The van der Waals surface area contributed by atoms with Crippen molar-refractivity contribution in [3.05, 3.63) is 0 Å². The predicted molar refractivity (Wildman–Crippen MR) is 145 cm³/mol. The zero-order chi connectivity index (χ0) is 27.3. The lowest BCUT2D eigenvalue weighted by atomic mass is 9.76. The zero-order valence-electron chi connectivity index (χ0n) is 23.8. The van der Waals surface area contributed by atoms with Gasteiger partial charge in [-0.05, 0) is 38.5 Å². The Morgan fingerprint density at radius 3 is 1.39 bits per heavy atom. The topological polar surface area (TPSA) is 93.2 Å². The Kier molecular flexibility index (Phi) is 12.9. The molecule has 0 aromatic carbocycles. The van der Waals surface area contributed by atoms with Crippen LogP contribution >= 0.6 is 0 Å². The van der Waals surface area contributed by atoms with Gasteiger partial charge in [-0.1, -0.05) is 65.2 Å². The quantitative estimate of drug-likeness (QED) is 0.326. The van der Waals surface area contributed by atoms with Crippen LogP contribution in [0.2, 0.25) is 0 Å². The lowest BCUT2D eigenvalue weighted by molar-refractivity contribution is -0.154. The molecule has 0 bridgehead atoms. The van der Waals surface area contributed by atoms with Crippen LogP contribution in [0.25, 0.3) is 0 Å². The second-order valence-electron chi connectivity index (χ2n) is 11.3. The van der Waals surface area contributed by atoms with Crippen molar-refractivity contribution in [2.45, 2.75) is 129 Å². The minimum Gasteiger partial charge on any atom is -0.464 e. The third-order valence-electron chi connectivity index (χ3n) is 8.73. The van der Waals surface area contributed by atoms with E-state index >= 15 is 0 Å². The molecule has 3 rings (SSSR count). The number of ether oxygens (including phenoxy) is 2. The van der Waals surface area contributed by atoms with Crippen LogP contribution < -0.4 is 0 Å². The minimum absolute atomic E-state index is 0.0737. The molecule has 216 valence electrons. The Bertz CT molecular complexity index is 735. The van der Waals surface area contributed by atoms with E-state index in [2.05, 4.69) is 4.90 Å². The summed E-state index contributed by atoms with van der Waals surface area (Å²) in [6, 6.07) is 0.602. The van der Waals surface area contributed by atoms with Crippen LogP contribution in [0.3, 0.4) is 0 Å². The van der Waals surface area contributed by atoms with Crippen molar-refractivity contribution in [1.82, 2.24) is 9.80 Å². The number of carbonyl (C=O) groups is 4. The Labute approximate surface area is 229 Å². The predicted octanol–water partition coefficient (Wildman–Crippen LogP) is 5.02. The summed E-state index contributed by atoms with van der Waals surface area (Å²) in [5.41, 5.74) is 0. The van der Waals surface area contributed by atoms with Crippen LogP contribution in [0.5, 0.6) is 0 Å². The van der Waals surface area contributed by atoms with Crippen molar-refractivity contribution in [1.29, 1.82) is 0 Å². The number of nitrogens with zero attached hydrogens (tertiary/aromatic N) is 2. The second-order valence-corrected chi connectivity index (χ2v) is 11.3. The fourth-order valence-electron chi connectivity index (χ4n) is 6.60. The summed E-state index contributed by atoms with van der Waals surface area (Å²) in [6.45, 7) is 4.14. The number of carbonyl (C=O) groups excluding carboxylic acids is 4. The molecule has 2 atom stereocenters. The lowest BCUT2D eigenvalue weighted by Gasteiger charge is -2.45. The molecule has 0 aromatic rings. The van der Waals surface area contributed by atoms with Gasteiger partial charge in [0.1, 0.15) is 13.2 Å². The highest BCUT2D eigenvalue weighted by Crippen LogP contribution is 2.37. The fraction of sp³-hybridized carbons (Fsp3) is 0.867. The number of amides is 2. The number of rotatable bonds is 12. The number of hydrogen-bond acceptors (Lipinski definition) is 6. The Morgan fingerprint density at radius 2 is 0.974 bits per heavy atom. The van der Waals surface area contributed by atoms with Gasteiger partial charge < -0.3 is 19.3 Å². The highest BCUT2D eigenvalue weighted by Gasteiger charge is 2.43. The van der Waals surface area contributed by atoms with E-state index in [0.717, 1.165) is 44.9 Å². The molecular weight excluding hydrogens is 484 g/mol. The van der Waals surface area contributed by atoms with E-state index < -0.39 is 0 Å². The molecule has 0 spiro atoms. The van der Waals surface area contributed by atoms with E-state index in [1.54, 1.807) is 18.7 Å². The Morgan fingerprint density at radius 1 is 0.579 bits per heavy atom. The third-order valence-corrected chi connectivity index (χ3v) is 8.73. The van der Waals surface area contributed by atoms with Crippen molar-refractivity contribution in [3.63, 3.8) is 0 Å². The highest BCUT2D eigenvalue weighted by molar-refractivity contribution is 5.88. The maximum absolute atomic E-state index is 14.3. The molecule has 0 N–H and O–H groups in total. The molecule has 3 fully saturated rings. The molecule has 3 aliphatic carbocycles. The molecule has 0 heterocycles. The maximum Gasteiger partial charge on any atom is 0.305 e. The summed E-state index contributed by atoms with van der Waals surface area (Å²) in [6.07, 6.45) is 15.4. The van der Waals surface area contributed by atoms with Gasteiger partial charge >= 0.3 is 11.9 Å². The van der Waals surface area contributed by atoms with E-state index in [1.807, 2.05) is 0 Å². The summed E-state index contributed by atoms with van der Waals surface area (Å²) in [4.78, 5) is 55.5. The van der Waals surface area contributed by atoms with E-state index in [9.17, 15) is 19.2 Å². The summed E-state index contributed by atoms with van der Waals surface area (Å²) in [5.74, 6) is -1.19. The molecular formula is C30H50N2O6. The first-order chi connectivity index (χ1) is 18.5. The van der Waals surface area contributed by atoms with Crippen molar-refractivity contribution in [2.75, 3.05) is 26.3 Å². The number of esters is 2. The van der Waals surface area contributed by atoms with Crippen LogP contribution in [0, 0.1) is 11.8 Å². The van der Waals surface area contributed by atoms with Gasteiger partial charge in [-0.15, -0.1) is 0 Å². The van der Waals surface area contributed by atoms with E-state index in [-0.39, 0.29) is 74.7 Å². The second kappa shape index (κ2) is 16.1. The summed E-state index contributed by atoms with van der Waals surface area (Å²) < 4.78 is 10.5. The summed E-state index contributed by atoms with van der Waals surface area (Å²) in [5, 5.41) is 0. The molecule has 0 aliphatic heterocycles. The smallest absolute Gasteiger partial charge is 0.305 e. The molecule has 3 aliphatic rings. The molecule has 0 saturated heterocycles. The molecule has 38 heavy (non-hydrogen) atoms. The molecule has 2 unspecified atom stereocenters. The van der Waals surface area contributed by atoms with Gasteiger partial charge in [0, 0.05) is 36.8 Å². The van der Waals surface area contributed by atoms with Crippen LogP contribution in [-0.2, 0) is 28.7 Å². The molecule has 0 aromatic heterocycles. The first-order valence-corrected chi connectivity index (χ1v) is 15.4. The SMILES string of the molecule is CCC(=O)OCCN(CCOC(=O)CC)C(=O)C1CCCCC1C(=O)N(C1CCCCC1)C1CCCCC1. The highest BCUT2D eigenvalue weighted by atomic mass is 16.5. The van der Waals surface area contributed by atoms with Gasteiger partial charge in [0.2, 0.25) is 11.8 Å². The van der Waals surface area contributed by atoms with Crippen molar-refractivity contribution in [2.24, 2.45) is 11.8 Å². The normalized spacial score (nSPS) is 22.9. The number of hydrogen-bond donors (Lipinski definition) is 0. The van der Waals surface area contributed by atoms with Gasteiger partial charge in [-0.25, -0.2) is 0 Å². The Hall–Kier alpha value is -2.12. The van der Waals surface area contributed by atoms with E-state index in [4.69, 9.17) is 9.47 Å². The van der Waals surface area contributed by atoms with Crippen LogP contribution in [0.1, 0.15) is 117 Å². The van der Waals surface area contributed by atoms with Crippen LogP contribution in [0.15, 0.2) is 0 Å². The first kappa shape index (κ1) is 30.4. The minimum atomic E-state index is -0.380. The summed E-state index contributed by atoms with van der Waals surface area (Å²) >= 11 is 0. The van der Waals surface area contributed by atoms with Crippen molar-refractivity contribution >= 4 is 23.8 Å². The van der Waals surface area contributed by atoms with Crippen LogP contribution in [-0.4, -0.2) is 71.9 Å². The molecule has 0 radical (unpaired) electrons. The van der Waals surface area contributed by atoms with Gasteiger partial charge in [0.15, 0.2) is 0 Å².